The molecule has 124 valence electrons. The molecule has 0 fully saturated rings. The van der Waals surface area contributed by atoms with E-state index < -0.39 is 0 Å². The van der Waals surface area contributed by atoms with Crippen molar-refractivity contribution in [3.63, 3.8) is 0 Å². The molecule has 3 aromatic rings. The molecule has 0 aliphatic heterocycles. The summed E-state index contributed by atoms with van der Waals surface area (Å²) >= 11 is 0. The van der Waals surface area contributed by atoms with Gasteiger partial charge in [0.2, 0.25) is 0 Å². The van der Waals surface area contributed by atoms with Gasteiger partial charge in [0.05, 0.1) is 5.41 Å². The van der Waals surface area contributed by atoms with Gasteiger partial charge in [-0.25, -0.2) is 0 Å². The van der Waals surface area contributed by atoms with Crippen molar-refractivity contribution in [2.75, 3.05) is 0 Å². The lowest BCUT2D eigenvalue weighted by Crippen LogP contribution is -2.27. The Bertz CT molecular complexity index is 1090. The summed E-state index contributed by atoms with van der Waals surface area (Å²) in [4.78, 5) is 0. The van der Waals surface area contributed by atoms with E-state index >= 15 is 0 Å². The van der Waals surface area contributed by atoms with E-state index in [1.807, 2.05) is 0 Å². The van der Waals surface area contributed by atoms with Gasteiger partial charge >= 0.3 is 0 Å². The highest BCUT2D eigenvalue weighted by atomic mass is 14.5. The fourth-order valence-electron chi connectivity index (χ4n) is 5.62. The molecule has 3 aliphatic rings. The molecule has 3 aliphatic carbocycles. The van der Waals surface area contributed by atoms with Crippen LogP contribution in [0.2, 0.25) is 0 Å². The van der Waals surface area contributed by atoms with Gasteiger partial charge in [0.15, 0.2) is 0 Å². The summed E-state index contributed by atoms with van der Waals surface area (Å²) in [5, 5.41) is 0. The molecule has 0 nitrogen and oxygen atoms in total. The molecule has 0 N–H and O–H groups in total. The van der Waals surface area contributed by atoms with Crippen molar-refractivity contribution in [2.24, 2.45) is 0 Å². The predicted molar refractivity (Wildman–Crippen MR) is 108 cm³/mol. The van der Waals surface area contributed by atoms with Crippen LogP contribution in [-0.2, 0) is 5.41 Å². The Hall–Kier alpha value is -2.86. The number of benzene rings is 3. The minimum Gasteiger partial charge on any atom is -0.0839 e. The van der Waals surface area contributed by atoms with E-state index in [-0.39, 0.29) is 5.41 Å². The molecule has 0 saturated carbocycles. The van der Waals surface area contributed by atoms with Gasteiger partial charge in [-0.05, 0) is 69.9 Å². The number of hydrogen-bond acceptors (Lipinski definition) is 0. The van der Waals surface area contributed by atoms with Crippen molar-refractivity contribution < 1.29 is 0 Å². The maximum atomic E-state index is 2.41. The molecular weight excluding hydrogens is 312 g/mol. The van der Waals surface area contributed by atoms with Gasteiger partial charge in [0, 0.05) is 0 Å². The minimum absolute atomic E-state index is 0.138. The van der Waals surface area contributed by atoms with Crippen LogP contribution < -0.4 is 0 Å². The quantitative estimate of drug-likeness (QED) is 0.445. The van der Waals surface area contributed by atoms with Gasteiger partial charge in [0.25, 0.3) is 0 Å². The van der Waals surface area contributed by atoms with Gasteiger partial charge in [0.1, 0.15) is 0 Å². The minimum atomic E-state index is -0.138. The van der Waals surface area contributed by atoms with E-state index in [2.05, 4.69) is 85.8 Å². The first kappa shape index (κ1) is 14.3. The molecule has 0 heterocycles. The number of aryl methyl sites for hydroxylation is 1. The normalized spacial score (nSPS) is 17.9. The third-order valence-corrected chi connectivity index (χ3v) is 6.51. The van der Waals surface area contributed by atoms with Crippen molar-refractivity contribution in [2.45, 2.75) is 25.2 Å². The first-order valence-corrected chi connectivity index (χ1v) is 9.53. The van der Waals surface area contributed by atoms with Gasteiger partial charge in [-0.15, -0.1) is 0 Å². The summed E-state index contributed by atoms with van der Waals surface area (Å²) in [5.41, 5.74) is 13.0. The van der Waals surface area contributed by atoms with Crippen LogP contribution in [0.25, 0.3) is 16.7 Å². The van der Waals surface area contributed by atoms with Crippen LogP contribution in [0.1, 0.15) is 40.7 Å². The predicted octanol–water partition coefficient (Wildman–Crippen LogP) is 6.43. The maximum Gasteiger partial charge on any atom is 0.0722 e. The van der Waals surface area contributed by atoms with Crippen molar-refractivity contribution >= 4 is 5.57 Å². The standard InChI is InChI=1S/C26H20/c1-17-9-8-16-24-25(17)20-12-4-7-15-23(20)26(24)21-13-5-2-10-18(21)19-11-3-6-14-22(19)26/h2-3,5-11,13-16H,4,12H2,1H3. The molecule has 1 spiro atoms. The summed E-state index contributed by atoms with van der Waals surface area (Å²) in [5.74, 6) is 0. The highest BCUT2D eigenvalue weighted by Crippen LogP contribution is 2.63. The molecule has 6 rings (SSSR count). The average molecular weight is 332 g/mol. The molecule has 0 saturated heterocycles. The van der Waals surface area contributed by atoms with E-state index in [1.165, 1.54) is 44.5 Å². The van der Waals surface area contributed by atoms with Crippen molar-refractivity contribution in [1.82, 2.24) is 0 Å². The van der Waals surface area contributed by atoms with Crippen LogP contribution in [0, 0.1) is 6.92 Å². The lowest BCUT2D eigenvalue weighted by Gasteiger charge is -2.32. The third kappa shape index (κ3) is 1.48. The second kappa shape index (κ2) is 4.86. The van der Waals surface area contributed by atoms with E-state index in [1.54, 1.807) is 5.57 Å². The summed E-state index contributed by atoms with van der Waals surface area (Å²) in [7, 11) is 0. The van der Waals surface area contributed by atoms with Crippen molar-refractivity contribution in [3.8, 4) is 11.1 Å². The molecule has 0 atom stereocenters. The molecule has 0 heteroatoms. The monoisotopic (exact) mass is 332 g/mol. The highest BCUT2D eigenvalue weighted by Gasteiger charge is 2.52. The molecule has 0 radical (unpaired) electrons. The lowest BCUT2D eigenvalue weighted by molar-refractivity contribution is 0.780. The molecule has 0 amide bonds. The second-order valence-electron chi connectivity index (χ2n) is 7.67. The zero-order valence-electron chi connectivity index (χ0n) is 14.9. The zero-order valence-corrected chi connectivity index (χ0v) is 14.9. The topological polar surface area (TPSA) is 0 Å². The summed E-state index contributed by atoms with van der Waals surface area (Å²) < 4.78 is 0. The Morgan fingerprint density at radius 1 is 0.731 bits per heavy atom. The van der Waals surface area contributed by atoms with Crippen LogP contribution in [-0.4, -0.2) is 0 Å². The van der Waals surface area contributed by atoms with E-state index in [4.69, 9.17) is 0 Å². The van der Waals surface area contributed by atoms with Crippen LogP contribution in [0.15, 0.2) is 84.5 Å². The van der Waals surface area contributed by atoms with E-state index in [0.29, 0.717) is 0 Å². The summed E-state index contributed by atoms with van der Waals surface area (Å²) in [6.07, 6.45) is 7.07. The fourth-order valence-corrected chi connectivity index (χ4v) is 5.62. The van der Waals surface area contributed by atoms with Crippen molar-refractivity contribution in [1.29, 1.82) is 0 Å². The Morgan fingerprint density at radius 2 is 1.38 bits per heavy atom. The molecule has 26 heavy (non-hydrogen) atoms. The Kier molecular flexibility index (Phi) is 2.68. The first-order valence-electron chi connectivity index (χ1n) is 9.53. The first-order chi connectivity index (χ1) is 12.8. The molecule has 0 unspecified atom stereocenters. The SMILES string of the molecule is Cc1cccc2c1C1=C(C=CCC1)C21c2ccccc2-c2ccccc21. The number of rotatable bonds is 0. The second-order valence-corrected chi connectivity index (χ2v) is 7.67. The van der Waals surface area contributed by atoms with Gasteiger partial charge in [-0.1, -0.05) is 78.9 Å². The Balaban J connectivity index is 1.85. The average Bonchev–Trinajstić information content (AvgIpc) is 3.16. The maximum absolute atomic E-state index is 2.41. The van der Waals surface area contributed by atoms with Crippen LogP contribution in [0.5, 0.6) is 0 Å². The Morgan fingerprint density at radius 3 is 2.12 bits per heavy atom. The largest absolute Gasteiger partial charge is 0.0839 e. The summed E-state index contributed by atoms with van der Waals surface area (Å²) in [6, 6.07) is 24.9. The van der Waals surface area contributed by atoms with E-state index in [0.717, 1.165) is 12.8 Å². The molecular formula is C26H20. The number of hydrogen-bond donors (Lipinski definition) is 0. The van der Waals surface area contributed by atoms with Gasteiger partial charge < -0.3 is 0 Å². The lowest BCUT2D eigenvalue weighted by atomic mass is 9.69. The summed E-state index contributed by atoms with van der Waals surface area (Å²) in [6.45, 7) is 2.27. The van der Waals surface area contributed by atoms with Crippen LogP contribution >= 0.6 is 0 Å². The van der Waals surface area contributed by atoms with Crippen LogP contribution in [0.4, 0.5) is 0 Å². The highest BCUT2D eigenvalue weighted by molar-refractivity contribution is 5.96. The fraction of sp³-hybridized carbons (Fsp3) is 0.154. The molecule has 0 aromatic heterocycles. The van der Waals surface area contributed by atoms with Crippen LogP contribution in [0.3, 0.4) is 0 Å². The zero-order chi connectivity index (χ0) is 17.3. The Labute approximate surface area is 154 Å². The van der Waals surface area contributed by atoms with E-state index in [9.17, 15) is 0 Å². The smallest absolute Gasteiger partial charge is 0.0722 e. The molecule has 3 aromatic carbocycles. The van der Waals surface area contributed by atoms with Gasteiger partial charge in [-0.3, -0.25) is 0 Å². The van der Waals surface area contributed by atoms with Crippen molar-refractivity contribution in [3.05, 3.63) is 112 Å². The number of allylic oxidation sites excluding steroid dienone is 4. The van der Waals surface area contributed by atoms with Gasteiger partial charge in [-0.2, -0.15) is 0 Å². The molecule has 0 bridgehead atoms. The third-order valence-electron chi connectivity index (χ3n) is 6.51. The number of fused-ring (bicyclic) bond motifs is 9.